The summed E-state index contributed by atoms with van der Waals surface area (Å²) in [4.78, 5) is 39.9. The Hall–Kier alpha value is -3.62. The van der Waals surface area contributed by atoms with Crippen molar-refractivity contribution in [2.75, 3.05) is 31.5 Å². The molecule has 174 valence electrons. The van der Waals surface area contributed by atoms with Crippen molar-refractivity contribution >= 4 is 28.3 Å². The standard InChI is InChI=1S/C24H29N5O4/c30-23(27-12-5-6-13-27)17-28-14-4-3-9-21(24(28)31)26-22(16-29(32)33)25-20-11-10-18-7-1-2-8-19(18)15-20/h1-2,7-8,10-11,15-16,21,25-26H,3-6,9,12-14,17H2. The van der Waals surface area contributed by atoms with E-state index in [1.54, 1.807) is 9.80 Å². The summed E-state index contributed by atoms with van der Waals surface area (Å²) < 4.78 is 0. The Morgan fingerprint density at radius 2 is 1.79 bits per heavy atom. The molecule has 0 aromatic heterocycles. The molecule has 2 fully saturated rings. The summed E-state index contributed by atoms with van der Waals surface area (Å²) >= 11 is 0. The van der Waals surface area contributed by atoms with E-state index < -0.39 is 11.0 Å². The molecule has 9 heteroatoms. The van der Waals surface area contributed by atoms with Gasteiger partial charge >= 0.3 is 0 Å². The second-order valence-electron chi connectivity index (χ2n) is 8.56. The fourth-order valence-electron chi connectivity index (χ4n) is 4.45. The van der Waals surface area contributed by atoms with Gasteiger partial charge < -0.3 is 20.4 Å². The molecular formula is C24H29N5O4. The van der Waals surface area contributed by atoms with Gasteiger partial charge in [-0.3, -0.25) is 19.7 Å². The zero-order valence-electron chi connectivity index (χ0n) is 18.5. The minimum absolute atomic E-state index is 0.0307. The van der Waals surface area contributed by atoms with Crippen LogP contribution in [0, 0.1) is 10.1 Å². The van der Waals surface area contributed by atoms with E-state index in [9.17, 15) is 19.7 Å². The van der Waals surface area contributed by atoms with Gasteiger partial charge in [-0.1, -0.05) is 30.3 Å². The lowest BCUT2D eigenvalue weighted by Crippen LogP contribution is -2.49. The van der Waals surface area contributed by atoms with Crippen molar-refractivity contribution in [3.8, 4) is 0 Å². The molecule has 1 unspecified atom stereocenters. The van der Waals surface area contributed by atoms with Crippen molar-refractivity contribution in [2.24, 2.45) is 0 Å². The van der Waals surface area contributed by atoms with Gasteiger partial charge in [0.05, 0.1) is 11.5 Å². The van der Waals surface area contributed by atoms with Gasteiger partial charge in [0.15, 0.2) is 5.82 Å². The summed E-state index contributed by atoms with van der Waals surface area (Å²) in [5, 5.41) is 19.4. The molecule has 0 bridgehead atoms. The number of carbonyl (C=O) groups excluding carboxylic acids is 2. The van der Waals surface area contributed by atoms with Crippen LogP contribution in [0.5, 0.6) is 0 Å². The molecule has 1 atom stereocenters. The van der Waals surface area contributed by atoms with Crippen LogP contribution >= 0.6 is 0 Å². The van der Waals surface area contributed by atoms with Crippen molar-refractivity contribution in [2.45, 2.75) is 38.1 Å². The maximum atomic E-state index is 13.2. The topological polar surface area (TPSA) is 108 Å². The molecule has 0 saturated carbocycles. The van der Waals surface area contributed by atoms with E-state index in [-0.39, 0.29) is 24.2 Å². The van der Waals surface area contributed by atoms with Crippen LogP contribution in [0.4, 0.5) is 5.69 Å². The lowest BCUT2D eigenvalue weighted by molar-refractivity contribution is -0.403. The Labute approximate surface area is 192 Å². The van der Waals surface area contributed by atoms with Gasteiger partial charge in [0.2, 0.25) is 11.8 Å². The molecule has 2 saturated heterocycles. The molecule has 2 aromatic carbocycles. The number of nitrogens with zero attached hydrogens (tertiary/aromatic N) is 3. The third-order valence-electron chi connectivity index (χ3n) is 6.16. The van der Waals surface area contributed by atoms with Crippen LogP contribution in [0.2, 0.25) is 0 Å². The zero-order chi connectivity index (χ0) is 23.2. The number of amides is 2. The zero-order valence-corrected chi connectivity index (χ0v) is 18.5. The Kier molecular flexibility index (Phi) is 7.07. The number of likely N-dealkylation sites (tertiary alicyclic amines) is 2. The molecule has 4 rings (SSSR count). The highest BCUT2D eigenvalue weighted by Crippen LogP contribution is 2.21. The van der Waals surface area contributed by atoms with E-state index in [0.29, 0.717) is 18.7 Å². The minimum atomic E-state index is -0.641. The first kappa shape index (κ1) is 22.6. The van der Waals surface area contributed by atoms with Crippen molar-refractivity contribution in [1.29, 1.82) is 0 Å². The van der Waals surface area contributed by atoms with Gasteiger partial charge in [0, 0.05) is 25.3 Å². The second-order valence-corrected chi connectivity index (χ2v) is 8.56. The van der Waals surface area contributed by atoms with Gasteiger partial charge in [-0.05, 0) is 55.0 Å². The third-order valence-corrected chi connectivity index (χ3v) is 6.16. The van der Waals surface area contributed by atoms with Gasteiger partial charge in [-0.15, -0.1) is 0 Å². The molecule has 0 aliphatic carbocycles. The van der Waals surface area contributed by atoms with Crippen LogP contribution in [0.25, 0.3) is 10.8 Å². The van der Waals surface area contributed by atoms with E-state index in [1.807, 2.05) is 42.5 Å². The van der Waals surface area contributed by atoms with Crippen LogP contribution in [0.3, 0.4) is 0 Å². The molecule has 2 N–H and O–H groups in total. The highest BCUT2D eigenvalue weighted by atomic mass is 16.6. The van der Waals surface area contributed by atoms with Crippen LogP contribution in [-0.2, 0) is 9.59 Å². The molecule has 2 amide bonds. The highest BCUT2D eigenvalue weighted by molar-refractivity contribution is 5.88. The van der Waals surface area contributed by atoms with Crippen molar-refractivity contribution < 1.29 is 14.5 Å². The summed E-state index contributed by atoms with van der Waals surface area (Å²) in [6.07, 6.45) is 4.97. The molecule has 2 heterocycles. The Morgan fingerprint density at radius 3 is 2.55 bits per heavy atom. The average Bonchev–Trinajstić information content (AvgIpc) is 3.29. The largest absolute Gasteiger partial charge is 0.355 e. The fourth-order valence-corrected chi connectivity index (χ4v) is 4.45. The molecular weight excluding hydrogens is 422 g/mol. The molecule has 0 radical (unpaired) electrons. The van der Waals surface area contributed by atoms with Crippen LogP contribution < -0.4 is 10.6 Å². The number of anilines is 1. The number of hydrogen-bond donors (Lipinski definition) is 2. The molecule has 2 aliphatic heterocycles. The van der Waals surface area contributed by atoms with E-state index in [0.717, 1.165) is 55.7 Å². The van der Waals surface area contributed by atoms with Crippen molar-refractivity contribution in [3.05, 3.63) is 64.6 Å². The van der Waals surface area contributed by atoms with Crippen LogP contribution in [0.15, 0.2) is 54.5 Å². The van der Waals surface area contributed by atoms with E-state index in [1.165, 1.54) is 0 Å². The predicted octanol–water partition coefficient (Wildman–Crippen LogP) is 2.92. The fraction of sp³-hybridized carbons (Fsp3) is 0.417. The smallest absolute Gasteiger partial charge is 0.274 e. The normalized spacial score (nSPS) is 19.5. The number of hydrogen-bond acceptors (Lipinski definition) is 6. The van der Waals surface area contributed by atoms with Crippen LogP contribution in [-0.4, -0.2) is 58.8 Å². The number of rotatable bonds is 7. The van der Waals surface area contributed by atoms with Crippen LogP contribution in [0.1, 0.15) is 32.1 Å². The predicted molar refractivity (Wildman–Crippen MR) is 126 cm³/mol. The van der Waals surface area contributed by atoms with Gasteiger partial charge in [-0.25, -0.2) is 0 Å². The van der Waals surface area contributed by atoms with E-state index in [2.05, 4.69) is 10.6 Å². The number of fused-ring (bicyclic) bond motifs is 1. The highest BCUT2D eigenvalue weighted by Gasteiger charge is 2.30. The maximum absolute atomic E-state index is 13.2. The SMILES string of the molecule is O=C(CN1CCCCC(NC(=C[N+](=O)[O-])Nc2ccc3ccccc3c2)C1=O)N1CCCC1. The number of carbonyl (C=O) groups is 2. The summed E-state index contributed by atoms with van der Waals surface area (Å²) in [5.41, 5.74) is 0.677. The molecule has 9 nitrogen and oxygen atoms in total. The molecule has 2 aliphatic rings. The maximum Gasteiger partial charge on any atom is 0.274 e. The van der Waals surface area contributed by atoms with Crippen molar-refractivity contribution in [1.82, 2.24) is 15.1 Å². The van der Waals surface area contributed by atoms with Gasteiger partial charge in [-0.2, -0.15) is 0 Å². The summed E-state index contributed by atoms with van der Waals surface area (Å²) in [5.74, 6) is -0.0900. The number of nitrogens with one attached hydrogen (secondary N) is 2. The Balaban J connectivity index is 1.47. The average molecular weight is 452 g/mol. The quantitative estimate of drug-likeness (QED) is 0.495. The number of benzene rings is 2. The summed E-state index contributed by atoms with van der Waals surface area (Å²) in [6, 6.07) is 12.9. The minimum Gasteiger partial charge on any atom is -0.355 e. The molecule has 2 aromatic rings. The second kappa shape index (κ2) is 10.3. The Morgan fingerprint density at radius 1 is 1.06 bits per heavy atom. The molecule has 33 heavy (non-hydrogen) atoms. The summed E-state index contributed by atoms with van der Waals surface area (Å²) in [7, 11) is 0. The molecule has 0 spiro atoms. The monoisotopic (exact) mass is 451 g/mol. The van der Waals surface area contributed by atoms with E-state index in [4.69, 9.17) is 0 Å². The van der Waals surface area contributed by atoms with Gasteiger partial charge in [0.25, 0.3) is 6.20 Å². The van der Waals surface area contributed by atoms with Gasteiger partial charge in [0.1, 0.15) is 6.04 Å². The first-order valence-electron chi connectivity index (χ1n) is 11.4. The Bertz CT molecular complexity index is 1060. The summed E-state index contributed by atoms with van der Waals surface area (Å²) in [6.45, 7) is 2.06. The lowest BCUT2D eigenvalue weighted by atomic mass is 10.1. The number of nitro groups is 1. The lowest BCUT2D eigenvalue weighted by Gasteiger charge is -2.27. The van der Waals surface area contributed by atoms with Crippen molar-refractivity contribution in [3.63, 3.8) is 0 Å². The first-order chi connectivity index (χ1) is 16.0. The first-order valence-corrected chi connectivity index (χ1v) is 11.4. The third kappa shape index (κ3) is 5.79. The van der Waals surface area contributed by atoms with E-state index >= 15 is 0 Å².